The van der Waals surface area contributed by atoms with Crippen molar-refractivity contribution < 1.29 is 4.79 Å². The highest BCUT2D eigenvalue weighted by Crippen LogP contribution is 2.38. The van der Waals surface area contributed by atoms with Crippen LogP contribution in [0.3, 0.4) is 0 Å². The average molecular weight is 318 g/mol. The molecule has 1 saturated heterocycles. The van der Waals surface area contributed by atoms with Crippen LogP contribution in [0.5, 0.6) is 0 Å². The molecule has 0 bridgehead atoms. The maximum atomic E-state index is 12.9. The molecule has 0 spiro atoms. The van der Waals surface area contributed by atoms with Crippen molar-refractivity contribution in [1.82, 2.24) is 10.2 Å². The van der Waals surface area contributed by atoms with Crippen molar-refractivity contribution in [2.24, 2.45) is 5.92 Å². The number of nitrogens with one attached hydrogen (secondary N) is 1. The standard InChI is InChI=1S/C18H26N2OS/c1-19-10-6-14-7-11-20(12-8-14)18(21)17-16-5-3-2-4-15(16)9-13-22-17/h2-5,14,17,19H,6-13H2,1H3. The Kier molecular flexibility index (Phi) is 5.42. The highest BCUT2D eigenvalue weighted by molar-refractivity contribution is 8.00. The molecule has 2 heterocycles. The topological polar surface area (TPSA) is 32.3 Å². The van der Waals surface area contributed by atoms with Crippen molar-refractivity contribution in [1.29, 1.82) is 0 Å². The largest absolute Gasteiger partial charge is 0.341 e. The fourth-order valence-electron chi connectivity index (χ4n) is 3.55. The summed E-state index contributed by atoms with van der Waals surface area (Å²) in [6, 6.07) is 8.47. The summed E-state index contributed by atoms with van der Waals surface area (Å²) in [5, 5.41) is 3.25. The van der Waals surface area contributed by atoms with Gasteiger partial charge in [-0.1, -0.05) is 24.3 Å². The molecular weight excluding hydrogens is 292 g/mol. The van der Waals surface area contributed by atoms with Gasteiger partial charge in [0.15, 0.2) is 0 Å². The fourth-order valence-corrected chi connectivity index (χ4v) is 4.83. The SMILES string of the molecule is CNCCC1CCN(C(=O)C2SCCc3ccccc32)CC1. The van der Waals surface area contributed by atoms with Crippen LogP contribution in [0.2, 0.25) is 0 Å². The quantitative estimate of drug-likeness (QED) is 0.926. The molecule has 1 amide bonds. The van der Waals surface area contributed by atoms with Crippen molar-refractivity contribution in [3.05, 3.63) is 35.4 Å². The molecule has 3 nitrogen and oxygen atoms in total. The molecule has 4 heteroatoms. The number of carbonyl (C=O) groups excluding carboxylic acids is 1. The Morgan fingerprint density at radius 3 is 2.86 bits per heavy atom. The van der Waals surface area contributed by atoms with Crippen molar-refractivity contribution in [3.63, 3.8) is 0 Å². The molecular formula is C18H26N2OS. The summed E-state index contributed by atoms with van der Waals surface area (Å²) < 4.78 is 0. The second-order valence-electron chi connectivity index (χ2n) is 6.36. The van der Waals surface area contributed by atoms with Gasteiger partial charge in [0.25, 0.3) is 0 Å². The summed E-state index contributed by atoms with van der Waals surface area (Å²) in [7, 11) is 2.01. The number of thioether (sulfide) groups is 1. The summed E-state index contributed by atoms with van der Waals surface area (Å²) in [6.07, 6.45) is 4.65. The lowest BCUT2D eigenvalue weighted by atomic mass is 9.93. The summed E-state index contributed by atoms with van der Waals surface area (Å²) in [5.74, 6) is 2.18. The maximum absolute atomic E-state index is 12.9. The predicted molar refractivity (Wildman–Crippen MR) is 93.2 cm³/mol. The first-order chi connectivity index (χ1) is 10.8. The minimum Gasteiger partial charge on any atom is -0.341 e. The summed E-state index contributed by atoms with van der Waals surface area (Å²) in [4.78, 5) is 15.0. The molecule has 120 valence electrons. The van der Waals surface area contributed by atoms with E-state index in [0.29, 0.717) is 5.91 Å². The number of hydrogen-bond acceptors (Lipinski definition) is 3. The number of aryl methyl sites for hydroxylation is 1. The van der Waals surface area contributed by atoms with E-state index in [0.717, 1.165) is 50.6 Å². The first-order valence-electron chi connectivity index (χ1n) is 8.42. The smallest absolute Gasteiger partial charge is 0.240 e. The van der Waals surface area contributed by atoms with Gasteiger partial charge in [-0.3, -0.25) is 4.79 Å². The molecule has 0 aliphatic carbocycles. The third-order valence-corrected chi connectivity index (χ3v) is 6.18. The van der Waals surface area contributed by atoms with Gasteiger partial charge in [-0.2, -0.15) is 0 Å². The molecule has 1 atom stereocenters. The van der Waals surface area contributed by atoms with Gasteiger partial charge in [0.05, 0.1) is 0 Å². The number of carbonyl (C=O) groups is 1. The van der Waals surface area contributed by atoms with Gasteiger partial charge < -0.3 is 10.2 Å². The number of piperidine rings is 1. The van der Waals surface area contributed by atoms with Gasteiger partial charge in [-0.25, -0.2) is 0 Å². The number of rotatable bonds is 4. The van der Waals surface area contributed by atoms with Crippen LogP contribution in [0.25, 0.3) is 0 Å². The zero-order valence-corrected chi connectivity index (χ0v) is 14.2. The number of benzene rings is 1. The van der Waals surface area contributed by atoms with Gasteiger partial charge in [-0.15, -0.1) is 11.8 Å². The Bertz CT molecular complexity index is 512. The minimum atomic E-state index is 0.0267. The zero-order chi connectivity index (χ0) is 15.4. The number of hydrogen-bond donors (Lipinski definition) is 1. The van der Waals surface area contributed by atoms with Crippen molar-refractivity contribution >= 4 is 17.7 Å². The second-order valence-corrected chi connectivity index (χ2v) is 7.57. The van der Waals surface area contributed by atoms with Gasteiger partial charge in [-0.05, 0) is 62.1 Å². The molecule has 1 aromatic carbocycles. The van der Waals surface area contributed by atoms with Crippen molar-refractivity contribution in [3.8, 4) is 0 Å². The van der Waals surface area contributed by atoms with E-state index in [1.807, 2.05) is 18.8 Å². The van der Waals surface area contributed by atoms with Crippen LogP contribution in [0.15, 0.2) is 24.3 Å². The van der Waals surface area contributed by atoms with Crippen LogP contribution in [0.1, 0.15) is 35.6 Å². The maximum Gasteiger partial charge on any atom is 0.240 e. The van der Waals surface area contributed by atoms with Crippen LogP contribution in [-0.2, 0) is 11.2 Å². The Morgan fingerprint density at radius 1 is 1.32 bits per heavy atom. The summed E-state index contributed by atoms with van der Waals surface area (Å²) in [5.41, 5.74) is 2.62. The highest BCUT2D eigenvalue weighted by Gasteiger charge is 2.32. The third-order valence-electron chi connectivity index (χ3n) is 4.95. The number of fused-ring (bicyclic) bond motifs is 1. The fraction of sp³-hybridized carbons (Fsp3) is 0.611. The molecule has 0 aromatic heterocycles. The highest BCUT2D eigenvalue weighted by atomic mass is 32.2. The lowest BCUT2D eigenvalue weighted by molar-refractivity contribution is -0.132. The molecule has 22 heavy (non-hydrogen) atoms. The monoisotopic (exact) mass is 318 g/mol. The van der Waals surface area contributed by atoms with Gasteiger partial charge in [0.1, 0.15) is 5.25 Å². The number of nitrogens with zero attached hydrogens (tertiary/aromatic N) is 1. The number of amides is 1. The Morgan fingerprint density at radius 2 is 2.09 bits per heavy atom. The van der Waals surface area contributed by atoms with E-state index in [4.69, 9.17) is 0 Å². The third kappa shape index (κ3) is 3.49. The van der Waals surface area contributed by atoms with Crippen molar-refractivity contribution in [2.45, 2.75) is 30.9 Å². The lowest BCUT2D eigenvalue weighted by Gasteiger charge is -2.35. The first-order valence-corrected chi connectivity index (χ1v) is 9.47. The molecule has 0 radical (unpaired) electrons. The number of likely N-dealkylation sites (tertiary alicyclic amines) is 1. The summed E-state index contributed by atoms with van der Waals surface area (Å²) in [6.45, 7) is 2.96. The van der Waals surface area contributed by atoms with Gasteiger partial charge in [0, 0.05) is 13.1 Å². The molecule has 1 aromatic rings. The van der Waals surface area contributed by atoms with Crippen molar-refractivity contribution in [2.75, 3.05) is 32.4 Å². The Labute approximate surface area is 137 Å². The van der Waals surface area contributed by atoms with E-state index in [-0.39, 0.29) is 5.25 Å². The molecule has 0 saturated carbocycles. The minimum absolute atomic E-state index is 0.0267. The van der Waals surface area contributed by atoms with E-state index < -0.39 is 0 Å². The first kappa shape index (κ1) is 15.9. The molecule has 3 rings (SSSR count). The molecule has 1 fully saturated rings. The normalized spacial score (nSPS) is 22.4. The molecule has 1 N–H and O–H groups in total. The van der Waals surface area contributed by atoms with Crippen LogP contribution >= 0.6 is 11.8 Å². The Hall–Kier alpha value is -1.00. The zero-order valence-electron chi connectivity index (χ0n) is 13.4. The summed E-state index contributed by atoms with van der Waals surface area (Å²) >= 11 is 1.82. The lowest BCUT2D eigenvalue weighted by Crippen LogP contribution is -2.41. The van der Waals surface area contributed by atoms with Crippen LogP contribution in [-0.4, -0.2) is 43.2 Å². The van der Waals surface area contributed by atoms with E-state index in [1.165, 1.54) is 17.5 Å². The van der Waals surface area contributed by atoms with Gasteiger partial charge in [0.2, 0.25) is 5.91 Å². The van der Waals surface area contributed by atoms with E-state index in [9.17, 15) is 4.79 Å². The molecule has 1 unspecified atom stereocenters. The second kappa shape index (κ2) is 7.51. The van der Waals surface area contributed by atoms with Crippen LogP contribution in [0.4, 0.5) is 0 Å². The predicted octanol–water partition coefficient (Wildman–Crippen LogP) is 2.87. The van der Waals surface area contributed by atoms with E-state index >= 15 is 0 Å². The molecule has 2 aliphatic rings. The molecule has 2 aliphatic heterocycles. The average Bonchev–Trinajstić information content (AvgIpc) is 2.59. The van der Waals surface area contributed by atoms with E-state index in [2.05, 4.69) is 34.5 Å². The van der Waals surface area contributed by atoms with Gasteiger partial charge >= 0.3 is 0 Å². The Balaban J connectivity index is 1.61. The van der Waals surface area contributed by atoms with Crippen LogP contribution < -0.4 is 5.32 Å². The van der Waals surface area contributed by atoms with Crippen LogP contribution in [0, 0.1) is 5.92 Å². The van der Waals surface area contributed by atoms with E-state index in [1.54, 1.807) is 0 Å².